The normalized spacial score (nSPS) is 16.3. The van der Waals surface area contributed by atoms with Crippen LogP contribution in [0.1, 0.15) is 12.8 Å². The first-order chi connectivity index (χ1) is 7.88. The van der Waals surface area contributed by atoms with Gasteiger partial charge >= 0.3 is 0 Å². The van der Waals surface area contributed by atoms with Gasteiger partial charge in [0.15, 0.2) is 0 Å². The third kappa shape index (κ3) is 3.12. The summed E-state index contributed by atoms with van der Waals surface area (Å²) < 4.78 is 5.60. The van der Waals surface area contributed by atoms with Crippen LogP contribution in [0.3, 0.4) is 0 Å². The lowest BCUT2D eigenvalue weighted by molar-refractivity contribution is 0.238. The zero-order valence-corrected chi connectivity index (χ0v) is 9.32. The molecule has 1 saturated heterocycles. The third-order valence-electron chi connectivity index (χ3n) is 2.85. The molecule has 0 aliphatic carbocycles. The van der Waals surface area contributed by atoms with E-state index in [1.807, 2.05) is 17.6 Å². The standard InChI is InChI=1S/C12H17N2O2/c15-13-11-3-5-12(6-4-11)16-10-9-14-7-1-2-8-14/h3-6,13H,1-2,7-10H2/q-1. The Morgan fingerprint density at radius 3 is 2.50 bits per heavy atom. The van der Waals surface area contributed by atoms with Gasteiger partial charge < -0.3 is 15.4 Å². The molecule has 0 spiro atoms. The monoisotopic (exact) mass is 221 g/mol. The second-order valence-corrected chi connectivity index (χ2v) is 4.02. The van der Waals surface area contributed by atoms with Crippen molar-refractivity contribution in [3.63, 3.8) is 0 Å². The van der Waals surface area contributed by atoms with Crippen LogP contribution in [0.5, 0.6) is 5.75 Å². The van der Waals surface area contributed by atoms with E-state index in [4.69, 9.17) is 4.74 Å². The largest absolute Gasteiger partial charge is 0.761 e. The molecule has 1 aromatic carbocycles. The Labute approximate surface area is 95.8 Å². The van der Waals surface area contributed by atoms with Crippen LogP contribution in [-0.4, -0.2) is 31.1 Å². The smallest absolute Gasteiger partial charge is 0.119 e. The van der Waals surface area contributed by atoms with E-state index >= 15 is 0 Å². The van der Waals surface area contributed by atoms with E-state index in [0.717, 1.165) is 12.3 Å². The summed E-state index contributed by atoms with van der Waals surface area (Å²) in [5.74, 6) is 0.818. The van der Waals surface area contributed by atoms with Gasteiger partial charge in [0.2, 0.25) is 0 Å². The Morgan fingerprint density at radius 1 is 1.19 bits per heavy atom. The molecular formula is C12H17N2O2-. The van der Waals surface area contributed by atoms with Gasteiger partial charge in [-0.15, -0.1) is 0 Å². The van der Waals surface area contributed by atoms with Crippen molar-refractivity contribution in [2.75, 3.05) is 31.7 Å². The van der Waals surface area contributed by atoms with Crippen molar-refractivity contribution in [2.45, 2.75) is 12.8 Å². The topological polar surface area (TPSA) is 47.6 Å². The fourth-order valence-corrected chi connectivity index (χ4v) is 1.92. The number of benzene rings is 1. The first-order valence-electron chi connectivity index (χ1n) is 5.72. The summed E-state index contributed by atoms with van der Waals surface area (Å²) in [6, 6.07) is 7.06. The lowest BCUT2D eigenvalue weighted by atomic mass is 10.3. The van der Waals surface area contributed by atoms with Gasteiger partial charge in [-0.25, -0.2) is 0 Å². The molecule has 88 valence electrons. The average molecular weight is 221 g/mol. The van der Waals surface area contributed by atoms with Gasteiger partial charge in [0.1, 0.15) is 12.4 Å². The van der Waals surface area contributed by atoms with Crippen molar-refractivity contribution in [3.05, 3.63) is 29.5 Å². The van der Waals surface area contributed by atoms with Gasteiger partial charge in [0, 0.05) is 12.2 Å². The molecule has 4 nitrogen and oxygen atoms in total. The quantitative estimate of drug-likeness (QED) is 0.773. The number of nitrogens with one attached hydrogen (secondary N) is 1. The minimum absolute atomic E-state index is 0.562. The van der Waals surface area contributed by atoms with Crippen LogP contribution in [0, 0.1) is 5.21 Å². The van der Waals surface area contributed by atoms with E-state index in [2.05, 4.69) is 4.90 Å². The molecule has 0 unspecified atom stereocenters. The van der Waals surface area contributed by atoms with Crippen LogP contribution in [0.4, 0.5) is 5.69 Å². The van der Waals surface area contributed by atoms with Gasteiger partial charge in [0.05, 0.1) is 0 Å². The van der Waals surface area contributed by atoms with E-state index in [1.54, 1.807) is 12.1 Å². The Hall–Kier alpha value is -1.26. The molecule has 1 aromatic rings. The van der Waals surface area contributed by atoms with Crippen LogP contribution in [0.2, 0.25) is 0 Å². The van der Waals surface area contributed by atoms with Crippen molar-refractivity contribution >= 4 is 5.69 Å². The fraction of sp³-hybridized carbons (Fsp3) is 0.500. The molecule has 16 heavy (non-hydrogen) atoms. The number of hydrogen-bond acceptors (Lipinski definition) is 4. The van der Waals surface area contributed by atoms with Gasteiger partial charge in [-0.1, -0.05) is 0 Å². The first-order valence-corrected chi connectivity index (χ1v) is 5.72. The number of nitrogens with zero attached hydrogens (tertiary/aromatic N) is 1. The molecular weight excluding hydrogens is 204 g/mol. The van der Waals surface area contributed by atoms with Crippen molar-refractivity contribution in [1.29, 1.82) is 0 Å². The predicted octanol–water partition coefficient (Wildman–Crippen LogP) is 2.07. The van der Waals surface area contributed by atoms with Crippen LogP contribution in [0.15, 0.2) is 24.3 Å². The Kier molecular flexibility index (Phi) is 4.02. The number of rotatable bonds is 5. The van der Waals surface area contributed by atoms with E-state index in [9.17, 15) is 5.21 Å². The first kappa shape index (κ1) is 11.2. The zero-order chi connectivity index (χ0) is 11.2. The second kappa shape index (κ2) is 5.72. The average Bonchev–Trinajstić information content (AvgIpc) is 2.83. The minimum Gasteiger partial charge on any atom is -0.761 e. The van der Waals surface area contributed by atoms with E-state index < -0.39 is 0 Å². The highest BCUT2D eigenvalue weighted by molar-refractivity contribution is 5.46. The van der Waals surface area contributed by atoms with Crippen LogP contribution < -0.4 is 10.2 Å². The molecule has 0 bridgehead atoms. The summed E-state index contributed by atoms with van der Waals surface area (Å²) in [6.45, 7) is 4.09. The fourth-order valence-electron chi connectivity index (χ4n) is 1.92. The number of hydrogen-bond donors (Lipinski definition) is 1. The molecule has 4 heteroatoms. The summed E-state index contributed by atoms with van der Waals surface area (Å²) in [6.07, 6.45) is 2.62. The van der Waals surface area contributed by atoms with Crippen LogP contribution >= 0.6 is 0 Å². The third-order valence-corrected chi connectivity index (χ3v) is 2.85. The van der Waals surface area contributed by atoms with Gasteiger partial charge in [-0.05, 0) is 50.2 Å². The molecule has 1 fully saturated rings. The lowest BCUT2D eigenvalue weighted by Gasteiger charge is -2.15. The maximum absolute atomic E-state index is 10.3. The molecule has 0 aromatic heterocycles. The maximum Gasteiger partial charge on any atom is 0.119 e. The summed E-state index contributed by atoms with van der Waals surface area (Å²) in [5, 5.41) is 10.3. The summed E-state index contributed by atoms with van der Waals surface area (Å²) in [4.78, 5) is 2.41. The van der Waals surface area contributed by atoms with E-state index in [-0.39, 0.29) is 0 Å². The van der Waals surface area contributed by atoms with Crippen LogP contribution in [-0.2, 0) is 0 Å². The summed E-state index contributed by atoms with van der Waals surface area (Å²) in [5.41, 5.74) is 2.40. The Morgan fingerprint density at radius 2 is 1.88 bits per heavy atom. The maximum atomic E-state index is 10.3. The predicted molar refractivity (Wildman–Crippen MR) is 64.6 cm³/mol. The molecule has 0 radical (unpaired) electrons. The Bertz CT molecular complexity index is 307. The van der Waals surface area contributed by atoms with Gasteiger partial charge in [-0.3, -0.25) is 4.90 Å². The van der Waals surface area contributed by atoms with Crippen molar-refractivity contribution < 1.29 is 4.74 Å². The minimum atomic E-state index is 0.562. The summed E-state index contributed by atoms with van der Waals surface area (Å²) in [7, 11) is 0. The molecule has 0 amide bonds. The highest BCUT2D eigenvalue weighted by Crippen LogP contribution is 2.15. The highest BCUT2D eigenvalue weighted by Gasteiger charge is 2.10. The second-order valence-electron chi connectivity index (χ2n) is 4.02. The molecule has 1 aliphatic rings. The number of anilines is 1. The van der Waals surface area contributed by atoms with Gasteiger partial charge in [-0.2, -0.15) is 0 Å². The van der Waals surface area contributed by atoms with Crippen molar-refractivity contribution in [3.8, 4) is 5.75 Å². The Balaban J connectivity index is 1.71. The van der Waals surface area contributed by atoms with E-state index in [1.165, 1.54) is 25.9 Å². The van der Waals surface area contributed by atoms with Gasteiger partial charge in [0.25, 0.3) is 0 Å². The highest BCUT2D eigenvalue weighted by atomic mass is 16.5. The molecule has 1 aliphatic heterocycles. The molecule has 1 N–H and O–H groups in total. The van der Waals surface area contributed by atoms with Crippen LogP contribution in [0.25, 0.3) is 0 Å². The molecule has 1 heterocycles. The lowest BCUT2D eigenvalue weighted by Crippen LogP contribution is -2.25. The summed E-state index contributed by atoms with van der Waals surface area (Å²) >= 11 is 0. The van der Waals surface area contributed by atoms with E-state index in [0.29, 0.717) is 12.3 Å². The number of ether oxygens (including phenoxy) is 1. The SMILES string of the molecule is [O-]Nc1ccc(OCCN2CCCC2)cc1. The molecule has 0 saturated carbocycles. The zero-order valence-electron chi connectivity index (χ0n) is 9.32. The van der Waals surface area contributed by atoms with Crippen molar-refractivity contribution in [1.82, 2.24) is 4.90 Å². The molecule has 0 atom stereocenters. The van der Waals surface area contributed by atoms with Crippen molar-refractivity contribution in [2.24, 2.45) is 0 Å². The number of likely N-dealkylation sites (tertiary alicyclic amines) is 1. The molecule has 2 rings (SSSR count).